The van der Waals surface area contributed by atoms with E-state index < -0.39 is 6.10 Å². The van der Waals surface area contributed by atoms with Gasteiger partial charge in [-0.2, -0.15) is 0 Å². The number of hydrogen-bond acceptors (Lipinski definition) is 3. The Balaban J connectivity index is 2.12. The van der Waals surface area contributed by atoms with Crippen molar-refractivity contribution in [2.75, 3.05) is 13.7 Å². The summed E-state index contributed by atoms with van der Waals surface area (Å²) in [5.74, 6) is 1.38. The highest BCUT2D eigenvalue weighted by atomic mass is 16.5. The summed E-state index contributed by atoms with van der Waals surface area (Å²) in [5.41, 5.74) is 2.07. The first-order chi connectivity index (χ1) is 9.31. The van der Waals surface area contributed by atoms with Crippen LogP contribution in [0.25, 0.3) is 0 Å². The van der Waals surface area contributed by atoms with E-state index in [1.54, 1.807) is 7.11 Å². The lowest BCUT2D eigenvalue weighted by Crippen LogP contribution is -2.31. The Kier molecular flexibility index (Phi) is 3.13. The second-order valence-electron chi connectivity index (χ2n) is 4.65. The summed E-state index contributed by atoms with van der Waals surface area (Å²) < 4.78 is 11.0. The van der Waals surface area contributed by atoms with Crippen LogP contribution in [-0.2, 0) is 0 Å². The molecule has 98 valence electrons. The zero-order valence-corrected chi connectivity index (χ0v) is 10.7. The molecule has 0 fully saturated rings. The average Bonchev–Trinajstić information content (AvgIpc) is 2.47. The minimum Gasteiger partial charge on any atom is -0.493 e. The van der Waals surface area contributed by atoms with E-state index in [2.05, 4.69) is 0 Å². The zero-order valence-electron chi connectivity index (χ0n) is 10.7. The maximum absolute atomic E-state index is 10.3. The van der Waals surface area contributed by atoms with E-state index in [1.807, 2.05) is 48.5 Å². The second-order valence-corrected chi connectivity index (χ2v) is 4.65. The molecule has 3 nitrogen and oxygen atoms in total. The lowest BCUT2D eigenvalue weighted by Gasteiger charge is -2.31. The Morgan fingerprint density at radius 2 is 1.89 bits per heavy atom. The van der Waals surface area contributed by atoms with Crippen molar-refractivity contribution in [3.63, 3.8) is 0 Å². The van der Waals surface area contributed by atoms with Crippen LogP contribution in [0.4, 0.5) is 0 Å². The van der Waals surface area contributed by atoms with Crippen molar-refractivity contribution in [1.82, 2.24) is 0 Å². The molecule has 3 rings (SSSR count). The van der Waals surface area contributed by atoms with Crippen molar-refractivity contribution in [3.8, 4) is 11.5 Å². The van der Waals surface area contributed by atoms with Gasteiger partial charge in [0.1, 0.15) is 6.61 Å². The van der Waals surface area contributed by atoms with Gasteiger partial charge in [0, 0.05) is 11.5 Å². The first-order valence-electron chi connectivity index (χ1n) is 6.34. The summed E-state index contributed by atoms with van der Waals surface area (Å²) in [7, 11) is 1.63. The predicted molar refractivity (Wildman–Crippen MR) is 72.8 cm³/mol. The molecule has 0 bridgehead atoms. The maximum Gasteiger partial charge on any atom is 0.165 e. The maximum atomic E-state index is 10.3. The molecule has 0 aromatic heterocycles. The highest BCUT2D eigenvalue weighted by molar-refractivity contribution is 5.52. The lowest BCUT2D eigenvalue weighted by molar-refractivity contribution is 0.0751. The Labute approximate surface area is 112 Å². The zero-order chi connectivity index (χ0) is 13.2. The lowest BCUT2D eigenvalue weighted by atomic mass is 9.84. The molecule has 0 spiro atoms. The van der Waals surface area contributed by atoms with Crippen LogP contribution in [0.1, 0.15) is 17.0 Å². The molecule has 2 aromatic rings. The monoisotopic (exact) mass is 256 g/mol. The van der Waals surface area contributed by atoms with E-state index in [0.717, 1.165) is 16.9 Å². The SMILES string of the molecule is COc1cccc2c1OC[C@@H](O)[C@@H]2c1ccccc1. The number of aliphatic hydroxyl groups excluding tert-OH is 1. The Bertz CT molecular complexity index is 565. The predicted octanol–water partition coefficient (Wildman–Crippen LogP) is 2.58. The van der Waals surface area contributed by atoms with Crippen molar-refractivity contribution >= 4 is 0 Å². The number of rotatable bonds is 2. The second kappa shape index (κ2) is 4.94. The Hall–Kier alpha value is -2.00. The average molecular weight is 256 g/mol. The van der Waals surface area contributed by atoms with Gasteiger partial charge in [-0.25, -0.2) is 0 Å². The number of methoxy groups -OCH3 is 1. The molecule has 0 saturated carbocycles. The molecule has 2 atom stereocenters. The van der Waals surface area contributed by atoms with Gasteiger partial charge in [-0.1, -0.05) is 42.5 Å². The van der Waals surface area contributed by atoms with E-state index in [9.17, 15) is 5.11 Å². The van der Waals surface area contributed by atoms with Crippen molar-refractivity contribution in [2.24, 2.45) is 0 Å². The van der Waals surface area contributed by atoms with Crippen LogP contribution in [0.3, 0.4) is 0 Å². The fourth-order valence-corrected chi connectivity index (χ4v) is 2.63. The third-order valence-electron chi connectivity index (χ3n) is 3.51. The first-order valence-corrected chi connectivity index (χ1v) is 6.34. The summed E-state index contributed by atoms with van der Waals surface area (Å²) in [6.07, 6.45) is -0.540. The molecule has 0 unspecified atom stereocenters. The molecule has 1 N–H and O–H groups in total. The van der Waals surface area contributed by atoms with Gasteiger partial charge >= 0.3 is 0 Å². The number of hydrogen-bond donors (Lipinski definition) is 1. The minimum atomic E-state index is -0.540. The highest BCUT2D eigenvalue weighted by Gasteiger charge is 2.32. The normalized spacial score (nSPS) is 21.4. The minimum absolute atomic E-state index is 0.0694. The standard InChI is InChI=1S/C16H16O3/c1-18-14-9-5-8-12-15(11-6-3-2-4-7-11)13(17)10-19-16(12)14/h2-9,13,15,17H,10H2,1H3/t13-,15-/m1/s1. The van der Waals surface area contributed by atoms with Crippen LogP contribution in [0.15, 0.2) is 48.5 Å². The fraction of sp³-hybridized carbons (Fsp3) is 0.250. The number of aliphatic hydroxyl groups is 1. The van der Waals surface area contributed by atoms with Crippen molar-refractivity contribution < 1.29 is 14.6 Å². The molecule has 1 aliphatic rings. The fourth-order valence-electron chi connectivity index (χ4n) is 2.63. The highest BCUT2D eigenvalue weighted by Crippen LogP contribution is 2.43. The number of ether oxygens (including phenoxy) is 2. The number of para-hydroxylation sites is 1. The summed E-state index contributed by atoms with van der Waals surface area (Å²) in [4.78, 5) is 0. The molecule has 1 heterocycles. The van der Waals surface area contributed by atoms with Crippen LogP contribution >= 0.6 is 0 Å². The van der Waals surface area contributed by atoms with E-state index in [0.29, 0.717) is 5.75 Å². The van der Waals surface area contributed by atoms with Crippen LogP contribution < -0.4 is 9.47 Å². The molecule has 19 heavy (non-hydrogen) atoms. The smallest absolute Gasteiger partial charge is 0.165 e. The summed E-state index contributed by atoms with van der Waals surface area (Å²) in [5, 5.41) is 10.3. The van der Waals surface area contributed by atoms with Crippen molar-refractivity contribution in [2.45, 2.75) is 12.0 Å². The van der Waals surface area contributed by atoms with Gasteiger partial charge in [0.05, 0.1) is 13.2 Å². The molecule has 3 heteroatoms. The van der Waals surface area contributed by atoms with Gasteiger partial charge in [0.2, 0.25) is 0 Å². The third kappa shape index (κ3) is 2.06. The van der Waals surface area contributed by atoms with Gasteiger partial charge in [0.15, 0.2) is 11.5 Å². The summed E-state index contributed by atoms with van der Waals surface area (Å²) in [6.45, 7) is 0.285. The number of fused-ring (bicyclic) bond motifs is 1. The quantitative estimate of drug-likeness (QED) is 0.897. The van der Waals surface area contributed by atoms with E-state index in [4.69, 9.17) is 9.47 Å². The van der Waals surface area contributed by atoms with Crippen molar-refractivity contribution in [3.05, 3.63) is 59.7 Å². The molecule has 0 aliphatic carbocycles. The molecule has 2 aromatic carbocycles. The van der Waals surface area contributed by atoms with Crippen molar-refractivity contribution in [1.29, 1.82) is 0 Å². The van der Waals surface area contributed by atoms with Gasteiger partial charge in [0.25, 0.3) is 0 Å². The van der Waals surface area contributed by atoms with E-state index in [1.165, 1.54) is 0 Å². The van der Waals surface area contributed by atoms with Crippen LogP contribution in [-0.4, -0.2) is 24.9 Å². The summed E-state index contributed by atoms with van der Waals surface area (Å²) >= 11 is 0. The molecule has 0 saturated heterocycles. The largest absolute Gasteiger partial charge is 0.493 e. The molecular weight excluding hydrogens is 240 g/mol. The van der Waals surface area contributed by atoms with Gasteiger partial charge in [-0.3, -0.25) is 0 Å². The van der Waals surface area contributed by atoms with E-state index >= 15 is 0 Å². The first kappa shape index (κ1) is 12.1. The molecule has 1 aliphatic heterocycles. The molecule has 0 amide bonds. The third-order valence-corrected chi connectivity index (χ3v) is 3.51. The molecule has 0 radical (unpaired) electrons. The number of benzene rings is 2. The van der Waals surface area contributed by atoms with E-state index in [-0.39, 0.29) is 12.5 Å². The van der Waals surface area contributed by atoms with Crippen LogP contribution in [0.2, 0.25) is 0 Å². The Morgan fingerprint density at radius 3 is 2.63 bits per heavy atom. The van der Waals surface area contributed by atoms with Gasteiger partial charge in [-0.15, -0.1) is 0 Å². The van der Waals surface area contributed by atoms with Crippen LogP contribution in [0, 0.1) is 0 Å². The molecular formula is C16H16O3. The van der Waals surface area contributed by atoms with Gasteiger partial charge in [-0.05, 0) is 11.6 Å². The topological polar surface area (TPSA) is 38.7 Å². The Morgan fingerprint density at radius 1 is 1.11 bits per heavy atom. The van der Waals surface area contributed by atoms with Gasteiger partial charge < -0.3 is 14.6 Å². The van der Waals surface area contributed by atoms with Crippen LogP contribution in [0.5, 0.6) is 11.5 Å². The summed E-state index contributed by atoms with van der Waals surface area (Å²) in [6, 6.07) is 15.8.